The molecule has 200 valence electrons. The van der Waals surface area contributed by atoms with Gasteiger partial charge in [-0.05, 0) is 31.9 Å². The fourth-order valence-electron chi connectivity index (χ4n) is 3.42. The number of rotatable bonds is 15. The van der Waals surface area contributed by atoms with Gasteiger partial charge < -0.3 is 15.4 Å². The number of hydrogen-bond donors (Lipinski definition) is 5. The van der Waals surface area contributed by atoms with Crippen LogP contribution in [0.15, 0.2) is 0 Å². The lowest BCUT2D eigenvalue weighted by Gasteiger charge is -2.33. The van der Waals surface area contributed by atoms with E-state index in [0.29, 0.717) is 36.1 Å². The van der Waals surface area contributed by atoms with Crippen LogP contribution in [0.25, 0.3) is 0 Å². The topological polar surface area (TPSA) is 140 Å². The van der Waals surface area contributed by atoms with Crippen molar-refractivity contribution in [2.45, 2.75) is 85.5 Å². The summed E-state index contributed by atoms with van der Waals surface area (Å²) in [7, 11) is 1.40. The van der Waals surface area contributed by atoms with E-state index < -0.39 is 24.2 Å². The first-order valence-electron chi connectivity index (χ1n) is 12.2. The van der Waals surface area contributed by atoms with E-state index in [0.717, 1.165) is 19.3 Å². The molecule has 11 heteroatoms. The first-order chi connectivity index (χ1) is 16.3. The molecule has 1 aliphatic rings. The van der Waals surface area contributed by atoms with Crippen LogP contribution in [0, 0.1) is 17.2 Å². The van der Waals surface area contributed by atoms with Crippen molar-refractivity contribution in [3.63, 3.8) is 0 Å². The monoisotopic (exact) mass is 492 g/mol. The van der Waals surface area contributed by atoms with Crippen LogP contribution in [-0.2, 0) is 14.4 Å². The Morgan fingerprint density at radius 2 is 1.88 bits per heavy atom. The Kier molecular flexibility index (Phi) is 21.5. The minimum atomic E-state index is -1.32. The van der Waals surface area contributed by atoms with E-state index in [-0.39, 0.29) is 26.0 Å². The van der Waals surface area contributed by atoms with Crippen molar-refractivity contribution in [3.8, 4) is 0 Å². The highest BCUT2D eigenvalue weighted by molar-refractivity contribution is 5.79. The van der Waals surface area contributed by atoms with E-state index in [2.05, 4.69) is 10.5 Å². The van der Waals surface area contributed by atoms with Crippen molar-refractivity contribution in [1.82, 2.24) is 15.4 Å². The van der Waals surface area contributed by atoms with Gasteiger partial charge in [0, 0.05) is 0 Å². The molecule has 0 aliphatic heterocycles. The summed E-state index contributed by atoms with van der Waals surface area (Å²) in [6.07, 6.45) is 3.25. The van der Waals surface area contributed by atoms with Crippen LogP contribution in [0.1, 0.15) is 73.1 Å². The third-order valence-corrected chi connectivity index (χ3v) is 5.00. The number of alkyl halides is 1. The second kappa shape index (κ2) is 21.4. The normalized spacial score (nSPS) is 15.7. The molecule has 0 bridgehead atoms. The molecule has 0 aromatic heterocycles. The molecule has 0 heterocycles. The van der Waals surface area contributed by atoms with Gasteiger partial charge in [0.2, 0.25) is 18.5 Å². The van der Waals surface area contributed by atoms with E-state index in [1.807, 2.05) is 27.7 Å². The fourth-order valence-corrected chi connectivity index (χ4v) is 3.42. The smallest absolute Gasteiger partial charge is 0.275 e. The molecular formula is C23H47FN5O5+. The van der Waals surface area contributed by atoms with Crippen molar-refractivity contribution in [1.29, 1.82) is 5.41 Å². The molecule has 1 saturated carbocycles. The molecule has 3 atom stereocenters. The number of halogens is 1. The highest BCUT2D eigenvalue weighted by atomic mass is 19.1. The van der Waals surface area contributed by atoms with Crippen LogP contribution in [0.3, 0.4) is 0 Å². The largest absolute Gasteiger partial charge is 0.354 e. The number of amidine groups is 1. The highest BCUT2D eigenvalue weighted by Crippen LogP contribution is 2.33. The number of hydrogen-bond acceptors (Lipinski definition) is 6. The van der Waals surface area contributed by atoms with E-state index in [1.54, 1.807) is 0 Å². The number of nitrogens with zero attached hydrogens (tertiary/aromatic N) is 2. The number of aliphatic hydroxyl groups is 1. The molecule has 0 aromatic carbocycles. The summed E-state index contributed by atoms with van der Waals surface area (Å²) < 4.78 is 13.8. The Labute approximate surface area is 204 Å². The van der Waals surface area contributed by atoms with Crippen LogP contribution in [0.2, 0.25) is 0 Å². The molecule has 2 unspecified atom stereocenters. The number of aliphatic hydroxyl groups excluding tert-OH is 1. The van der Waals surface area contributed by atoms with Crippen molar-refractivity contribution in [2.75, 3.05) is 26.7 Å². The third kappa shape index (κ3) is 14.9. The highest BCUT2D eigenvalue weighted by Gasteiger charge is 2.32. The SMILES string of the molecule is CC.CC.CON/C(CCC=N)=[NH+]/C(O)CN(C[C@@H](C)F)C(=O)C(CC1CCC1)CN(O)C=O. The second-order valence-electron chi connectivity index (χ2n) is 7.67. The quantitative estimate of drug-likeness (QED) is 0.0582. The number of nitrogens with one attached hydrogen (secondary N) is 3. The molecule has 10 nitrogen and oxygen atoms in total. The maximum absolute atomic E-state index is 13.8. The zero-order valence-electron chi connectivity index (χ0n) is 21.7. The standard InChI is InChI=1S/C19H34FN5O5.2C2H6/c1-14(20)10-24(12-18(27)22-17(23-30-2)7-4-8-21)19(28)16(11-25(29)13-26)9-15-5-3-6-15;2*1-2/h8,13-16,18,21,27,29H,3-7,9-12H2,1-2H3,(H,22,23);2*1-2H3/p+1/t14-,16?,18?;;/m1../s1. The Bertz CT molecular complexity index is 576. The van der Waals surface area contributed by atoms with E-state index >= 15 is 0 Å². The predicted octanol–water partition coefficient (Wildman–Crippen LogP) is 1.26. The summed E-state index contributed by atoms with van der Waals surface area (Å²) in [5.41, 5.74) is 2.58. The molecule has 0 aromatic rings. The maximum atomic E-state index is 13.8. The first kappa shape index (κ1) is 34.1. The number of carbonyl (C=O) groups excluding carboxylic acids is 2. The zero-order valence-corrected chi connectivity index (χ0v) is 21.7. The van der Waals surface area contributed by atoms with Crippen molar-refractivity contribution in [3.05, 3.63) is 0 Å². The Morgan fingerprint density at radius 3 is 2.32 bits per heavy atom. The summed E-state index contributed by atoms with van der Waals surface area (Å²) in [6, 6.07) is 0. The minimum absolute atomic E-state index is 0.179. The van der Waals surface area contributed by atoms with Gasteiger partial charge in [-0.25, -0.2) is 19.3 Å². The lowest BCUT2D eigenvalue weighted by Crippen LogP contribution is -2.84. The summed E-state index contributed by atoms with van der Waals surface area (Å²) in [5, 5.41) is 27.6. The average Bonchev–Trinajstić information content (AvgIpc) is 2.80. The molecular weight excluding hydrogens is 445 g/mol. The van der Waals surface area contributed by atoms with Gasteiger partial charge in [-0.2, -0.15) is 0 Å². The summed E-state index contributed by atoms with van der Waals surface area (Å²) in [5.74, 6) is -0.356. The molecule has 0 spiro atoms. The maximum Gasteiger partial charge on any atom is 0.275 e. The summed E-state index contributed by atoms with van der Waals surface area (Å²) in [4.78, 5) is 32.8. The lowest BCUT2D eigenvalue weighted by molar-refractivity contribution is -0.559. The van der Waals surface area contributed by atoms with E-state index in [1.165, 1.54) is 25.1 Å². The second-order valence-corrected chi connectivity index (χ2v) is 7.67. The van der Waals surface area contributed by atoms with Crippen molar-refractivity contribution in [2.24, 2.45) is 11.8 Å². The molecule has 34 heavy (non-hydrogen) atoms. The van der Waals surface area contributed by atoms with Gasteiger partial charge >= 0.3 is 0 Å². The summed E-state index contributed by atoms with van der Waals surface area (Å²) in [6.45, 7) is 8.72. The van der Waals surface area contributed by atoms with Crippen LogP contribution in [-0.4, -0.2) is 83.8 Å². The molecule has 5 N–H and O–H groups in total. The molecule has 1 aliphatic carbocycles. The number of hydroxylamine groups is 3. The third-order valence-electron chi connectivity index (χ3n) is 5.00. The van der Waals surface area contributed by atoms with Crippen molar-refractivity contribution < 1.29 is 34.1 Å². The van der Waals surface area contributed by atoms with Crippen LogP contribution in [0.4, 0.5) is 4.39 Å². The number of amides is 2. The van der Waals surface area contributed by atoms with Gasteiger partial charge in [-0.15, -0.1) is 5.48 Å². The van der Waals surface area contributed by atoms with Gasteiger partial charge in [-0.1, -0.05) is 47.0 Å². The Balaban J connectivity index is 0. The van der Waals surface area contributed by atoms with E-state index in [4.69, 9.17) is 10.2 Å². The Hall–Kier alpha value is -2.11. The predicted molar refractivity (Wildman–Crippen MR) is 130 cm³/mol. The molecule has 1 fully saturated rings. The zero-order chi connectivity index (χ0) is 26.5. The van der Waals surface area contributed by atoms with Crippen LogP contribution < -0.4 is 10.5 Å². The van der Waals surface area contributed by atoms with Crippen molar-refractivity contribution >= 4 is 24.4 Å². The molecule has 0 saturated heterocycles. The minimum Gasteiger partial charge on any atom is -0.354 e. The van der Waals surface area contributed by atoms with Gasteiger partial charge in [0.05, 0.1) is 39.1 Å². The fraction of sp³-hybridized carbons (Fsp3) is 0.826. The molecule has 1 rings (SSSR count). The molecule has 2 amide bonds. The van der Waals surface area contributed by atoms with Gasteiger partial charge in [0.25, 0.3) is 5.84 Å². The van der Waals surface area contributed by atoms with Gasteiger partial charge in [0.1, 0.15) is 6.17 Å². The Morgan fingerprint density at radius 1 is 1.26 bits per heavy atom. The first-order valence-corrected chi connectivity index (χ1v) is 12.2. The van der Waals surface area contributed by atoms with E-state index in [9.17, 15) is 24.3 Å². The van der Waals surface area contributed by atoms with Crippen LogP contribution in [0.5, 0.6) is 0 Å². The van der Waals surface area contributed by atoms with Gasteiger partial charge in [-0.3, -0.25) is 14.8 Å². The number of carbonyl (C=O) groups is 2. The summed E-state index contributed by atoms with van der Waals surface area (Å²) >= 11 is 0. The van der Waals surface area contributed by atoms with Crippen LogP contribution >= 0.6 is 0 Å². The molecule has 0 radical (unpaired) electrons. The lowest BCUT2D eigenvalue weighted by atomic mass is 9.78. The average molecular weight is 493 g/mol. The van der Waals surface area contributed by atoms with Gasteiger partial charge in [0.15, 0.2) is 0 Å².